The zero-order valence-corrected chi connectivity index (χ0v) is 22.1. The predicted octanol–water partition coefficient (Wildman–Crippen LogP) is 0.180. The van der Waals surface area contributed by atoms with E-state index in [9.17, 15) is 54.3 Å². The summed E-state index contributed by atoms with van der Waals surface area (Å²) in [5.74, 6) is -9.01. The number of hydrogen-bond acceptors (Lipinski definition) is 9. The first-order valence-corrected chi connectivity index (χ1v) is 12.6. The van der Waals surface area contributed by atoms with E-state index < -0.39 is 95.9 Å². The fourth-order valence-electron chi connectivity index (χ4n) is 6.82. The third kappa shape index (κ3) is 6.81. The Bertz CT molecular complexity index is 1200. The molecule has 0 amide bonds. The van der Waals surface area contributed by atoms with Crippen LogP contribution in [0.15, 0.2) is 24.3 Å². The number of aliphatic carboxylic acids is 5. The number of carboxylic acids is 6. The maximum absolute atomic E-state index is 12.3. The second-order valence-electron chi connectivity index (χ2n) is 11.0. The molecular weight excluding hydrogens is 546 g/mol. The number of aromatic carboxylic acids is 1. The van der Waals surface area contributed by atoms with Crippen LogP contribution in [-0.4, -0.2) is 83.6 Å². The lowest BCUT2D eigenvalue weighted by Gasteiger charge is -2.67. The van der Waals surface area contributed by atoms with Crippen molar-refractivity contribution in [1.82, 2.24) is 0 Å². The van der Waals surface area contributed by atoms with Crippen LogP contribution in [0.1, 0.15) is 67.3 Å². The van der Waals surface area contributed by atoms with E-state index >= 15 is 0 Å². The molecule has 1 aromatic rings. The highest BCUT2D eigenvalue weighted by Crippen LogP contribution is 2.66. The number of carbonyl (C=O) groups is 6. The normalized spacial score (nSPS) is 26.0. The molecule has 226 valence electrons. The molecule has 1 saturated carbocycles. The Hall–Kier alpha value is -4.08. The van der Waals surface area contributed by atoms with Crippen molar-refractivity contribution in [3.05, 3.63) is 35.4 Å². The van der Waals surface area contributed by atoms with Crippen LogP contribution in [0.4, 0.5) is 0 Å². The lowest BCUT2D eigenvalue weighted by atomic mass is 9.38. The molecule has 0 radical (unpaired) electrons. The average molecular weight is 582 g/mol. The summed E-state index contributed by atoms with van der Waals surface area (Å²) < 4.78 is 0. The highest BCUT2D eigenvalue weighted by molar-refractivity contribution is 5.87. The number of nitrogens with two attached hydrogens (primary N) is 3. The van der Waals surface area contributed by atoms with Gasteiger partial charge in [0.05, 0.1) is 43.2 Å². The van der Waals surface area contributed by atoms with Crippen molar-refractivity contribution in [3.8, 4) is 0 Å². The van der Waals surface area contributed by atoms with Gasteiger partial charge in [0, 0.05) is 17.0 Å². The smallest absolute Gasteiger partial charge is 0.335 e. The van der Waals surface area contributed by atoms with Gasteiger partial charge >= 0.3 is 35.8 Å². The molecule has 12 N–H and O–H groups in total. The van der Waals surface area contributed by atoms with E-state index in [1.807, 2.05) is 0 Å². The molecular formula is C26H35N3O12. The van der Waals surface area contributed by atoms with Gasteiger partial charge in [-0.15, -0.1) is 0 Å². The molecule has 0 unspecified atom stereocenters. The van der Waals surface area contributed by atoms with Crippen molar-refractivity contribution in [2.24, 2.45) is 28.0 Å². The quantitative estimate of drug-likeness (QED) is 0.133. The van der Waals surface area contributed by atoms with Gasteiger partial charge in [-0.25, -0.2) is 4.79 Å². The maximum Gasteiger partial charge on any atom is 0.335 e. The van der Waals surface area contributed by atoms with E-state index in [-0.39, 0.29) is 31.2 Å². The monoisotopic (exact) mass is 581 g/mol. The summed E-state index contributed by atoms with van der Waals surface area (Å²) in [5, 5.41) is 58.5. The molecule has 1 fully saturated rings. The summed E-state index contributed by atoms with van der Waals surface area (Å²) in [6.07, 6.45) is -6.21. The summed E-state index contributed by atoms with van der Waals surface area (Å²) in [7, 11) is 0. The maximum atomic E-state index is 12.3. The van der Waals surface area contributed by atoms with E-state index in [1.165, 1.54) is 24.3 Å². The minimum atomic E-state index is -2.53. The molecule has 0 heterocycles. The Morgan fingerprint density at radius 1 is 0.683 bits per heavy atom. The topological polar surface area (TPSA) is 302 Å². The number of benzene rings is 1. The fraction of sp³-hybridized carbons (Fsp3) is 0.538. The fourth-order valence-corrected chi connectivity index (χ4v) is 6.82. The second-order valence-corrected chi connectivity index (χ2v) is 11.0. The van der Waals surface area contributed by atoms with Crippen LogP contribution < -0.4 is 17.2 Å². The zero-order chi connectivity index (χ0) is 31.4. The van der Waals surface area contributed by atoms with Crippen LogP contribution in [-0.2, 0) is 30.4 Å². The minimum Gasteiger partial charge on any atom is -0.481 e. The second kappa shape index (κ2) is 12.2. The summed E-state index contributed by atoms with van der Waals surface area (Å²) >= 11 is 0. The van der Waals surface area contributed by atoms with Crippen molar-refractivity contribution in [2.75, 3.05) is 0 Å². The van der Waals surface area contributed by atoms with Gasteiger partial charge in [-0.2, -0.15) is 0 Å². The average Bonchev–Trinajstić information content (AvgIpc) is 2.79. The summed E-state index contributed by atoms with van der Waals surface area (Å²) in [6.45, 7) is 0. The SMILES string of the molecule is N[C@H](Cc1ccc(C(=O)O)cc1)C[C@]1(CC(=O)O)CC[C@](N)(CC(=O)O)[C@](N)(CC(=O)O)C1(CC(=O)O)CC(=O)O. The van der Waals surface area contributed by atoms with Crippen LogP contribution >= 0.6 is 0 Å². The van der Waals surface area contributed by atoms with Crippen LogP contribution in [0, 0.1) is 10.8 Å². The molecule has 1 aliphatic rings. The third-order valence-electron chi connectivity index (χ3n) is 8.45. The lowest BCUT2D eigenvalue weighted by Crippen LogP contribution is -2.81. The predicted molar refractivity (Wildman–Crippen MR) is 139 cm³/mol. The van der Waals surface area contributed by atoms with Crippen molar-refractivity contribution in [3.63, 3.8) is 0 Å². The molecule has 15 nitrogen and oxygen atoms in total. The van der Waals surface area contributed by atoms with Gasteiger partial charge in [0.1, 0.15) is 0 Å². The van der Waals surface area contributed by atoms with E-state index in [2.05, 4.69) is 0 Å². The Morgan fingerprint density at radius 2 is 1.15 bits per heavy atom. The molecule has 0 spiro atoms. The first-order valence-electron chi connectivity index (χ1n) is 12.6. The van der Waals surface area contributed by atoms with Gasteiger partial charge in [0.2, 0.25) is 0 Å². The summed E-state index contributed by atoms with van der Waals surface area (Å²) in [6, 6.07) is 4.63. The number of rotatable bonds is 15. The number of hydrogen-bond donors (Lipinski definition) is 9. The number of carboxylic acid groups (broad SMARTS) is 6. The van der Waals surface area contributed by atoms with Crippen LogP contribution in [0.3, 0.4) is 0 Å². The van der Waals surface area contributed by atoms with E-state index in [4.69, 9.17) is 22.3 Å². The lowest BCUT2D eigenvalue weighted by molar-refractivity contribution is -0.189. The van der Waals surface area contributed by atoms with Gasteiger partial charge in [-0.1, -0.05) is 12.1 Å². The summed E-state index contributed by atoms with van der Waals surface area (Å²) in [4.78, 5) is 72.0. The first kappa shape index (κ1) is 33.1. The van der Waals surface area contributed by atoms with Crippen molar-refractivity contribution >= 4 is 35.8 Å². The molecule has 0 aromatic heterocycles. The Morgan fingerprint density at radius 3 is 1.56 bits per heavy atom. The molecule has 2 rings (SSSR count). The van der Waals surface area contributed by atoms with Gasteiger partial charge < -0.3 is 47.8 Å². The standard InChI is InChI=1S/C26H35N3O12/c27-16(7-14-1-3-15(4-2-14)22(40)41)8-23(9-17(30)31)5-6-25(28,12-20(36)37)26(29,13-21(38)39)24(23,10-18(32)33)11-19(34)35/h1-4,16H,5-13,27-29H2,(H,30,31)(H,32,33)(H,34,35)(H,36,37)(H,38,39)(H,40,41)/t16-,23+,25+,26+/m1/s1. The van der Waals surface area contributed by atoms with Crippen molar-refractivity contribution in [2.45, 2.75) is 74.9 Å². The third-order valence-corrected chi connectivity index (χ3v) is 8.45. The molecule has 1 aromatic carbocycles. The molecule has 41 heavy (non-hydrogen) atoms. The van der Waals surface area contributed by atoms with Crippen LogP contribution in [0.5, 0.6) is 0 Å². The van der Waals surface area contributed by atoms with Gasteiger partial charge in [0.15, 0.2) is 0 Å². The van der Waals surface area contributed by atoms with Crippen LogP contribution in [0.25, 0.3) is 0 Å². The van der Waals surface area contributed by atoms with Crippen molar-refractivity contribution in [1.29, 1.82) is 0 Å². The van der Waals surface area contributed by atoms with Crippen LogP contribution in [0.2, 0.25) is 0 Å². The van der Waals surface area contributed by atoms with E-state index in [0.717, 1.165) is 0 Å². The van der Waals surface area contributed by atoms with Gasteiger partial charge in [0.25, 0.3) is 0 Å². The Balaban J connectivity index is 2.83. The highest BCUT2D eigenvalue weighted by Gasteiger charge is 2.72. The molecule has 0 aliphatic heterocycles. The Kier molecular flexibility index (Phi) is 9.86. The van der Waals surface area contributed by atoms with Crippen molar-refractivity contribution < 1.29 is 59.4 Å². The molecule has 1 aliphatic carbocycles. The Labute approximate surface area is 233 Å². The molecule has 0 bridgehead atoms. The molecule has 0 saturated heterocycles. The zero-order valence-electron chi connectivity index (χ0n) is 22.1. The molecule has 4 atom stereocenters. The van der Waals surface area contributed by atoms with Gasteiger partial charge in [-0.3, -0.25) is 24.0 Å². The minimum absolute atomic E-state index is 0.00168. The largest absolute Gasteiger partial charge is 0.481 e. The van der Waals surface area contributed by atoms with E-state index in [1.54, 1.807) is 0 Å². The van der Waals surface area contributed by atoms with Gasteiger partial charge in [-0.05, 0) is 48.8 Å². The first-order chi connectivity index (χ1) is 18.8. The van der Waals surface area contributed by atoms with E-state index in [0.29, 0.717) is 5.56 Å². The molecule has 15 heteroatoms. The highest BCUT2D eigenvalue weighted by atomic mass is 16.4. The summed E-state index contributed by atoms with van der Waals surface area (Å²) in [5.41, 5.74) is 11.2.